The van der Waals surface area contributed by atoms with Gasteiger partial charge in [-0.1, -0.05) is 13.8 Å². The fourth-order valence-electron chi connectivity index (χ4n) is 1.89. The van der Waals surface area contributed by atoms with Crippen LogP contribution in [0.3, 0.4) is 0 Å². The number of alkyl halides is 1. The van der Waals surface area contributed by atoms with E-state index >= 15 is 0 Å². The summed E-state index contributed by atoms with van der Waals surface area (Å²) in [4.78, 5) is 22.5. The summed E-state index contributed by atoms with van der Waals surface area (Å²) in [5, 5.41) is 0. The third-order valence-corrected chi connectivity index (χ3v) is 3.02. The van der Waals surface area contributed by atoms with Crippen molar-refractivity contribution in [3.05, 3.63) is 0 Å². The van der Waals surface area contributed by atoms with Gasteiger partial charge in [0.2, 0.25) is 0 Å². The van der Waals surface area contributed by atoms with E-state index in [4.69, 9.17) is 11.6 Å². The highest BCUT2D eigenvalue weighted by Crippen LogP contribution is 2.59. The zero-order valence-corrected chi connectivity index (χ0v) is 8.72. The molecule has 0 amide bonds. The normalized spacial score (nSPS) is 29.5. The van der Waals surface area contributed by atoms with Gasteiger partial charge in [0.15, 0.2) is 5.78 Å². The van der Waals surface area contributed by atoms with Gasteiger partial charge in [-0.25, -0.2) is 0 Å². The summed E-state index contributed by atoms with van der Waals surface area (Å²) in [5.74, 6) is -0.960. The molecule has 13 heavy (non-hydrogen) atoms. The second-order valence-corrected chi connectivity index (χ2v) is 4.17. The van der Waals surface area contributed by atoms with Gasteiger partial charge in [0.25, 0.3) is 0 Å². The summed E-state index contributed by atoms with van der Waals surface area (Å²) in [6, 6.07) is 0. The molecule has 0 heterocycles. The number of ketones is 1. The number of methoxy groups -OCH3 is 1. The van der Waals surface area contributed by atoms with E-state index in [1.165, 1.54) is 7.11 Å². The van der Waals surface area contributed by atoms with Gasteiger partial charge in [-0.2, -0.15) is 0 Å². The van der Waals surface area contributed by atoms with E-state index in [9.17, 15) is 9.59 Å². The summed E-state index contributed by atoms with van der Waals surface area (Å²) in [6.07, 6.45) is 0. The summed E-state index contributed by atoms with van der Waals surface area (Å²) < 4.78 is 4.60. The number of hydrogen-bond acceptors (Lipinski definition) is 3. The van der Waals surface area contributed by atoms with Crippen LogP contribution in [0.25, 0.3) is 0 Å². The molecule has 0 radical (unpaired) electrons. The van der Waals surface area contributed by atoms with Crippen LogP contribution in [0.5, 0.6) is 0 Å². The summed E-state index contributed by atoms with van der Waals surface area (Å²) in [7, 11) is 1.33. The van der Waals surface area contributed by atoms with Gasteiger partial charge in [0.05, 0.1) is 18.9 Å². The first-order valence-electron chi connectivity index (χ1n) is 4.13. The van der Waals surface area contributed by atoms with Crippen molar-refractivity contribution in [3.63, 3.8) is 0 Å². The smallest absolute Gasteiger partial charge is 0.309 e. The highest BCUT2D eigenvalue weighted by atomic mass is 35.5. The van der Waals surface area contributed by atoms with Crippen molar-refractivity contribution in [2.24, 2.45) is 17.3 Å². The number of hydrogen-bond donors (Lipinski definition) is 0. The van der Waals surface area contributed by atoms with Crippen LogP contribution in [-0.4, -0.2) is 24.7 Å². The van der Waals surface area contributed by atoms with E-state index in [0.29, 0.717) is 0 Å². The number of halogens is 1. The van der Waals surface area contributed by atoms with Crippen molar-refractivity contribution in [1.82, 2.24) is 0 Å². The van der Waals surface area contributed by atoms with E-state index in [2.05, 4.69) is 4.74 Å². The van der Waals surface area contributed by atoms with Crippen LogP contribution in [-0.2, 0) is 14.3 Å². The van der Waals surface area contributed by atoms with Gasteiger partial charge in [-0.15, -0.1) is 11.6 Å². The zero-order chi connectivity index (χ0) is 10.2. The predicted octanol–water partition coefficient (Wildman–Crippen LogP) is 1.24. The first-order chi connectivity index (χ1) is 5.96. The minimum atomic E-state index is -0.312. The van der Waals surface area contributed by atoms with Crippen LogP contribution in [0.15, 0.2) is 0 Å². The molecule has 0 N–H and O–H groups in total. The Bertz CT molecular complexity index is 223. The lowest BCUT2D eigenvalue weighted by molar-refractivity contribution is -0.143. The average molecular weight is 205 g/mol. The summed E-state index contributed by atoms with van der Waals surface area (Å²) >= 11 is 5.43. The molecule has 1 fully saturated rings. The van der Waals surface area contributed by atoms with Gasteiger partial charge < -0.3 is 4.74 Å². The molecule has 3 nitrogen and oxygen atoms in total. The molecule has 2 unspecified atom stereocenters. The highest BCUT2D eigenvalue weighted by Gasteiger charge is 2.65. The molecule has 1 aliphatic carbocycles. The zero-order valence-electron chi connectivity index (χ0n) is 7.96. The highest BCUT2D eigenvalue weighted by molar-refractivity contribution is 6.28. The lowest BCUT2D eigenvalue weighted by atomic mass is 10.1. The van der Waals surface area contributed by atoms with Crippen LogP contribution in [0.4, 0.5) is 0 Å². The third-order valence-electron chi connectivity index (χ3n) is 2.76. The van der Waals surface area contributed by atoms with Gasteiger partial charge in [0, 0.05) is 5.92 Å². The maximum Gasteiger partial charge on any atom is 0.309 e. The molecule has 0 aromatic rings. The Hall–Kier alpha value is -0.570. The third kappa shape index (κ3) is 1.57. The number of Topliss-reactive ketones (excluding diaryl/α,β-unsaturated/α-hetero) is 1. The average Bonchev–Trinajstić information content (AvgIpc) is 2.66. The fraction of sp³-hybridized carbons (Fsp3) is 0.778. The second-order valence-electron chi connectivity index (χ2n) is 3.90. The fourth-order valence-corrected chi connectivity index (χ4v) is 2.05. The standard InChI is InChI=1S/C9H13ClO3/c1-9(2)6(5(11)4-10)7(9)8(12)13-3/h6-7H,4H2,1-3H3. The molecular formula is C9H13ClO3. The molecule has 0 aromatic carbocycles. The van der Waals surface area contributed by atoms with E-state index < -0.39 is 0 Å². The monoisotopic (exact) mass is 204 g/mol. The molecule has 0 aliphatic heterocycles. The van der Waals surface area contributed by atoms with Crippen LogP contribution >= 0.6 is 11.6 Å². The summed E-state index contributed by atoms with van der Waals surface area (Å²) in [6.45, 7) is 3.76. The molecule has 74 valence electrons. The minimum absolute atomic E-state index is 0.0262. The number of rotatable bonds is 3. The molecular weight excluding hydrogens is 192 g/mol. The number of ether oxygens (including phenoxy) is 1. The van der Waals surface area contributed by atoms with Crippen molar-refractivity contribution < 1.29 is 14.3 Å². The number of esters is 1. The van der Waals surface area contributed by atoms with Crippen molar-refractivity contribution >= 4 is 23.4 Å². The molecule has 0 spiro atoms. The molecule has 0 saturated heterocycles. The van der Waals surface area contributed by atoms with Crippen LogP contribution in [0.1, 0.15) is 13.8 Å². The Morgan fingerprint density at radius 2 is 1.92 bits per heavy atom. The maximum atomic E-state index is 11.3. The largest absolute Gasteiger partial charge is 0.469 e. The second kappa shape index (κ2) is 3.29. The van der Waals surface area contributed by atoms with E-state index in [0.717, 1.165) is 0 Å². The van der Waals surface area contributed by atoms with Crippen LogP contribution < -0.4 is 0 Å². The van der Waals surface area contributed by atoms with E-state index in [1.54, 1.807) is 0 Å². The van der Waals surface area contributed by atoms with E-state index in [1.807, 2.05) is 13.8 Å². The number of carbonyl (C=O) groups is 2. The van der Waals surface area contributed by atoms with Gasteiger partial charge in [0.1, 0.15) is 0 Å². The Morgan fingerprint density at radius 3 is 2.31 bits per heavy atom. The van der Waals surface area contributed by atoms with Crippen LogP contribution in [0.2, 0.25) is 0 Å². The SMILES string of the molecule is COC(=O)C1C(C(=O)CCl)C1(C)C. The molecule has 0 aromatic heterocycles. The molecule has 1 saturated carbocycles. The lowest BCUT2D eigenvalue weighted by Crippen LogP contribution is -2.10. The quantitative estimate of drug-likeness (QED) is 0.513. The first-order valence-corrected chi connectivity index (χ1v) is 4.66. The molecule has 1 rings (SSSR count). The Kier molecular flexibility index (Phi) is 2.66. The minimum Gasteiger partial charge on any atom is -0.469 e. The Morgan fingerprint density at radius 1 is 1.38 bits per heavy atom. The molecule has 2 atom stereocenters. The van der Waals surface area contributed by atoms with Crippen molar-refractivity contribution in [2.45, 2.75) is 13.8 Å². The van der Waals surface area contributed by atoms with Gasteiger partial charge in [-0.3, -0.25) is 9.59 Å². The topological polar surface area (TPSA) is 43.4 Å². The molecule has 0 bridgehead atoms. The van der Waals surface area contributed by atoms with Crippen molar-refractivity contribution in [2.75, 3.05) is 13.0 Å². The first kappa shape index (κ1) is 10.5. The maximum absolute atomic E-state index is 11.3. The number of carbonyl (C=O) groups excluding carboxylic acids is 2. The Balaban J connectivity index is 2.71. The van der Waals surface area contributed by atoms with Crippen LogP contribution in [0, 0.1) is 17.3 Å². The van der Waals surface area contributed by atoms with Gasteiger partial charge in [-0.05, 0) is 5.41 Å². The predicted molar refractivity (Wildman–Crippen MR) is 48.5 cm³/mol. The molecule has 4 heteroatoms. The Labute approximate surface area is 82.4 Å². The van der Waals surface area contributed by atoms with Crippen molar-refractivity contribution in [1.29, 1.82) is 0 Å². The molecule has 1 aliphatic rings. The van der Waals surface area contributed by atoms with E-state index in [-0.39, 0.29) is 34.9 Å². The lowest BCUT2D eigenvalue weighted by Gasteiger charge is -1.99. The van der Waals surface area contributed by atoms with Gasteiger partial charge >= 0.3 is 5.97 Å². The van der Waals surface area contributed by atoms with Crippen molar-refractivity contribution in [3.8, 4) is 0 Å². The summed E-state index contributed by atoms with van der Waals surface area (Å²) in [5.41, 5.74) is -0.279.